The molecule has 4 N–H and O–H groups in total. The van der Waals surface area contributed by atoms with E-state index in [1.807, 2.05) is 13.8 Å². The van der Waals surface area contributed by atoms with Gasteiger partial charge < -0.3 is 21.1 Å². The quantitative estimate of drug-likeness (QED) is 0.386. The zero-order valence-electron chi connectivity index (χ0n) is 22.4. The number of primary amides is 1. The van der Waals surface area contributed by atoms with E-state index in [2.05, 4.69) is 5.32 Å². The average Bonchev–Trinajstić information content (AvgIpc) is 3.56. The summed E-state index contributed by atoms with van der Waals surface area (Å²) in [7, 11) is 0. The van der Waals surface area contributed by atoms with Crippen LogP contribution in [0, 0.1) is 11.8 Å². The van der Waals surface area contributed by atoms with E-state index >= 15 is 0 Å². The summed E-state index contributed by atoms with van der Waals surface area (Å²) in [4.78, 5) is 66.6. The first-order chi connectivity index (χ1) is 16.7. The molecule has 0 aromatic carbocycles. The Morgan fingerprint density at radius 1 is 1.08 bits per heavy atom. The smallest absolute Gasteiger partial charge is 0.408 e. The lowest BCUT2D eigenvalue weighted by molar-refractivity contribution is -0.147. The molecule has 1 saturated carbocycles. The van der Waals surface area contributed by atoms with Gasteiger partial charge in [0.25, 0.3) is 5.91 Å². The van der Waals surface area contributed by atoms with Crippen molar-refractivity contribution in [3.8, 4) is 0 Å². The molecule has 2 aliphatic rings. The molecule has 2 rings (SSSR count). The normalized spacial score (nSPS) is 21.1. The Labute approximate surface area is 214 Å². The zero-order chi connectivity index (χ0) is 27.2. The third kappa shape index (κ3) is 8.20. The second kappa shape index (κ2) is 12.5. The van der Waals surface area contributed by atoms with Gasteiger partial charge in [-0.3, -0.25) is 24.1 Å². The predicted molar refractivity (Wildman–Crippen MR) is 135 cm³/mol. The van der Waals surface area contributed by atoms with Crippen LogP contribution in [-0.4, -0.2) is 74.7 Å². The molecule has 1 aliphatic carbocycles. The highest BCUT2D eigenvalue weighted by molar-refractivity contribution is 6.37. The van der Waals surface area contributed by atoms with Crippen molar-refractivity contribution >= 4 is 29.6 Å². The van der Waals surface area contributed by atoms with Crippen LogP contribution in [-0.2, 0) is 19.2 Å². The van der Waals surface area contributed by atoms with Gasteiger partial charge in [0.1, 0.15) is 12.1 Å². The molecule has 0 radical (unpaired) electrons. The second-order valence-corrected chi connectivity index (χ2v) is 11.7. The maximum atomic E-state index is 14.0. The molecule has 0 aromatic heterocycles. The monoisotopic (exact) mass is 508 g/mol. The Morgan fingerprint density at radius 2 is 1.69 bits per heavy atom. The van der Waals surface area contributed by atoms with Gasteiger partial charge in [0.2, 0.25) is 17.6 Å². The lowest BCUT2D eigenvalue weighted by Gasteiger charge is -2.42. The molecule has 0 bridgehead atoms. The van der Waals surface area contributed by atoms with Crippen molar-refractivity contribution in [2.45, 2.75) is 116 Å². The van der Waals surface area contributed by atoms with E-state index in [0.29, 0.717) is 38.6 Å². The fourth-order valence-electron chi connectivity index (χ4n) is 5.02. The van der Waals surface area contributed by atoms with Crippen molar-refractivity contribution < 1.29 is 29.1 Å². The van der Waals surface area contributed by atoms with Crippen LogP contribution >= 0.6 is 0 Å². The van der Waals surface area contributed by atoms with Crippen molar-refractivity contribution in [1.29, 1.82) is 0 Å². The molecular weight excluding hydrogens is 464 g/mol. The van der Waals surface area contributed by atoms with Crippen LogP contribution in [0.5, 0.6) is 0 Å². The lowest BCUT2D eigenvalue weighted by Crippen LogP contribution is -2.61. The number of nitrogens with two attached hydrogens (primary N) is 1. The number of nitrogens with one attached hydrogen (secondary N) is 1. The molecule has 1 aliphatic heterocycles. The summed E-state index contributed by atoms with van der Waals surface area (Å²) >= 11 is 0. The predicted octanol–water partition coefficient (Wildman–Crippen LogP) is 2.68. The summed E-state index contributed by atoms with van der Waals surface area (Å²) in [5.41, 5.74) is 4.43. The van der Waals surface area contributed by atoms with E-state index < -0.39 is 53.3 Å². The number of nitrogens with zero attached hydrogens (tertiary/aromatic N) is 2. The van der Waals surface area contributed by atoms with Crippen molar-refractivity contribution in [1.82, 2.24) is 15.1 Å². The molecular formula is C26H44N4O6. The first kappa shape index (κ1) is 29.6. The molecule has 0 aromatic rings. The van der Waals surface area contributed by atoms with Crippen LogP contribution in [0.25, 0.3) is 0 Å². The van der Waals surface area contributed by atoms with Crippen molar-refractivity contribution in [2.24, 2.45) is 17.6 Å². The highest BCUT2D eigenvalue weighted by Crippen LogP contribution is 2.34. The number of hydrogen-bond acceptors (Lipinski definition) is 5. The molecule has 10 heteroatoms. The minimum atomic E-state index is -1.18. The van der Waals surface area contributed by atoms with Gasteiger partial charge >= 0.3 is 6.09 Å². The number of ketones is 1. The van der Waals surface area contributed by atoms with Crippen LogP contribution in [0.1, 0.15) is 92.4 Å². The summed E-state index contributed by atoms with van der Waals surface area (Å²) < 4.78 is 0. The minimum absolute atomic E-state index is 0.0477. The van der Waals surface area contributed by atoms with Crippen molar-refractivity contribution in [3.05, 3.63) is 0 Å². The lowest BCUT2D eigenvalue weighted by atomic mass is 9.96. The molecule has 36 heavy (non-hydrogen) atoms. The Morgan fingerprint density at radius 3 is 2.19 bits per heavy atom. The van der Waals surface area contributed by atoms with Gasteiger partial charge in [-0.05, 0) is 58.3 Å². The van der Waals surface area contributed by atoms with Crippen molar-refractivity contribution in [2.75, 3.05) is 6.54 Å². The molecule has 1 heterocycles. The fraction of sp³-hybridized carbons (Fsp3) is 0.808. The van der Waals surface area contributed by atoms with Gasteiger partial charge in [-0.2, -0.15) is 0 Å². The molecule has 2 fully saturated rings. The van der Waals surface area contributed by atoms with Crippen LogP contribution < -0.4 is 11.1 Å². The summed E-state index contributed by atoms with van der Waals surface area (Å²) in [5, 5.41) is 12.7. The van der Waals surface area contributed by atoms with Crippen LogP contribution in [0.2, 0.25) is 0 Å². The maximum absolute atomic E-state index is 14.0. The number of amides is 4. The average molecular weight is 509 g/mol. The standard InChI is InChI=1S/C26H44N4O6/c1-16(2)14-20(23(33)28-18(15-17-11-12-17)21(31)22(27)32)29-13-9-7-6-8-10-19(24(29)34)30(25(35)36)26(3,4)5/h16-20H,6-15H2,1-5H3,(H2,27,32)(H,28,33)(H,35,36)/t18?,19-,20-/m0/s1. The van der Waals surface area contributed by atoms with E-state index in [0.717, 1.165) is 25.7 Å². The third-order valence-electron chi connectivity index (χ3n) is 6.95. The SMILES string of the molecule is CC(C)C[C@@H](C(=O)NC(CC1CC1)C(=O)C(N)=O)N1CCCCCC[C@H](N(C(=O)O)C(C)(C)C)C1=O. The van der Waals surface area contributed by atoms with E-state index in [9.17, 15) is 29.1 Å². The number of rotatable bonds is 10. The number of Topliss-reactive ketones (excluding diaryl/α,β-unsaturated/α-hetero) is 1. The first-order valence-electron chi connectivity index (χ1n) is 13.2. The van der Waals surface area contributed by atoms with Gasteiger partial charge in [-0.25, -0.2) is 4.79 Å². The maximum Gasteiger partial charge on any atom is 0.408 e. The molecule has 4 amide bonds. The molecule has 3 atom stereocenters. The number of hydrogen-bond donors (Lipinski definition) is 3. The number of carbonyl (C=O) groups excluding carboxylic acids is 4. The van der Waals surface area contributed by atoms with E-state index in [4.69, 9.17) is 5.73 Å². The van der Waals surface area contributed by atoms with Crippen molar-refractivity contribution in [3.63, 3.8) is 0 Å². The van der Waals surface area contributed by atoms with E-state index in [1.54, 1.807) is 20.8 Å². The summed E-state index contributed by atoms with van der Waals surface area (Å²) in [6.07, 6.45) is 4.86. The molecule has 1 unspecified atom stereocenters. The third-order valence-corrected chi connectivity index (χ3v) is 6.95. The summed E-state index contributed by atoms with van der Waals surface area (Å²) in [6, 6.07) is -2.83. The van der Waals surface area contributed by atoms with E-state index in [1.165, 1.54) is 9.80 Å². The largest absolute Gasteiger partial charge is 0.465 e. The van der Waals surface area contributed by atoms with Gasteiger partial charge in [0.15, 0.2) is 0 Å². The van der Waals surface area contributed by atoms with Crippen LogP contribution in [0.3, 0.4) is 0 Å². The van der Waals surface area contributed by atoms with Crippen LogP contribution in [0.4, 0.5) is 4.79 Å². The highest BCUT2D eigenvalue weighted by atomic mass is 16.4. The minimum Gasteiger partial charge on any atom is -0.465 e. The molecule has 10 nitrogen and oxygen atoms in total. The summed E-state index contributed by atoms with van der Waals surface area (Å²) in [6.45, 7) is 9.44. The second-order valence-electron chi connectivity index (χ2n) is 11.7. The van der Waals surface area contributed by atoms with Gasteiger partial charge in [-0.1, -0.05) is 46.0 Å². The molecule has 1 saturated heterocycles. The number of carboxylic acid groups (broad SMARTS) is 1. The van der Waals surface area contributed by atoms with Gasteiger partial charge in [0.05, 0.1) is 6.04 Å². The highest BCUT2D eigenvalue weighted by Gasteiger charge is 2.43. The Bertz CT molecular complexity index is 833. The topological polar surface area (TPSA) is 150 Å². The Balaban J connectivity index is 2.41. The van der Waals surface area contributed by atoms with E-state index in [-0.39, 0.29) is 11.8 Å². The fourth-order valence-corrected chi connectivity index (χ4v) is 5.02. The zero-order valence-corrected chi connectivity index (χ0v) is 22.4. The Kier molecular flexibility index (Phi) is 10.3. The van der Waals surface area contributed by atoms with Crippen LogP contribution in [0.15, 0.2) is 0 Å². The number of carbonyl (C=O) groups is 5. The summed E-state index contributed by atoms with van der Waals surface area (Å²) in [5.74, 6) is -2.52. The van der Waals surface area contributed by atoms with Gasteiger partial charge in [0, 0.05) is 12.1 Å². The Hall–Kier alpha value is -2.65. The molecule has 204 valence electrons. The van der Waals surface area contributed by atoms with Gasteiger partial charge in [-0.15, -0.1) is 0 Å². The first-order valence-corrected chi connectivity index (χ1v) is 13.2. The molecule has 0 spiro atoms.